The number of para-hydroxylation sites is 1. The second-order valence-electron chi connectivity index (χ2n) is 6.32. The fraction of sp³-hybridized carbons (Fsp3) is 0.238. The molecule has 146 valence electrons. The molecule has 0 unspecified atom stereocenters. The van der Waals surface area contributed by atoms with E-state index < -0.39 is 0 Å². The Kier molecular flexibility index (Phi) is 6.54. The molecule has 3 aromatic rings. The van der Waals surface area contributed by atoms with E-state index in [1.807, 2.05) is 6.07 Å². The summed E-state index contributed by atoms with van der Waals surface area (Å²) < 4.78 is 5.81. The van der Waals surface area contributed by atoms with E-state index in [9.17, 15) is 9.59 Å². The van der Waals surface area contributed by atoms with Crippen molar-refractivity contribution in [1.29, 1.82) is 0 Å². The molecule has 0 aliphatic heterocycles. The summed E-state index contributed by atoms with van der Waals surface area (Å²) >= 11 is 0. The monoisotopic (exact) mass is 382 g/mol. The average molecular weight is 382 g/mol. The molecular formula is C21H22N2O5. The second-order valence-corrected chi connectivity index (χ2v) is 6.32. The molecule has 0 aliphatic rings. The molecule has 0 spiro atoms. The number of aliphatic hydroxyl groups is 2. The standard InChI is InChI=1S/C21H22N2O5/c24-11-9-23(10-12-25)14-21(27)22-16-7-5-15(6-8-16)20-13-18(26)17-3-1-2-4-19(17)28-20/h1-8,13,24-25H,9-12,14H2,(H,22,27). The number of amides is 1. The minimum atomic E-state index is -0.244. The molecule has 2 aromatic carbocycles. The number of carbonyl (C=O) groups is 1. The van der Waals surface area contributed by atoms with E-state index in [2.05, 4.69) is 5.32 Å². The maximum atomic E-state index is 12.2. The molecule has 28 heavy (non-hydrogen) atoms. The normalized spacial score (nSPS) is 11.1. The summed E-state index contributed by atoms with van der Waals surface area (Å²) in [6, 6.07) is 15.5. The highest BCUT2D eigenvalue weighted by Crippen LogP contribution is 2.23. The van der Waals surface area contributed by atoms with Gasteiger partial charge in [0.15, 0.2) is 5.43 Å². The van der Waals surface area contributed by atoms with E-state index in [0.717, 1.165) is 5.56 Å². The van der Waals surface area contributed by atoms with Crippen molar-refractivity contribution in [2.75, 3.05) is 38.2 Å². The smallest absolute Gasteiger partial charge is 0.238 e. The van der Waals surface area contributed by atoms with Gasteiger partial charge < -0.3 is 19.9 Å². The maximum Gasteiger partial charge on any atom is 0.238 e. The van der Waals surface area contributed by atoms with Crippen molar-refractivity contribution in [3.8, 4) is 11.3 Å². The quantitative estimate of drug-likeness (QED) is 0.548. The molecule has 0 radical (unpaired) electrons. The Morgan fingerprint density at radius 3 is 2.36 bits per heavy atom. The lowest BCUT2D eigenvalue weighted by Crippen LogP contribution is -2.37. The minimum Gasteiger partial charge on any atom is -0.456 e. The van der Waals surface area contributed by atoms with Gasteiger partial charge in [-0.2, -0.15) is 0 Å². The Bertz CT molecular complexity index is 992. The largest absolute Gasteiger partial charge is 0.456 e. The van der Waals surface area contributed by atoms with E-state index in [0.29, 0.717) is 35.5 Å². The van der Waals surface area contributed by atoms with E-state index in [1.165, 1.54) is 6.07 Å². The lowest BCUT2D eigenvalue weighted by molar-refractivity contribution is -0.117. The van der Waals surface area contributed by atoms with Gasteiger partial charge in [-0.3, -0.25) is 14.5 Å². The SMILES string of the molecule is O=C(CN(CCO)CCO)Nc1ccc(-c2cc(=O)c3ccccc3o2)cc1. The van der Waals surface area contributed by atoms with Crippen molar-refractivity contribution in [3.05, 3.63) is 64.8 Å². The van der Waals surface area contributed by atoms with Crippen LogP contribution in [0.1, 0.15) is 0 Å². The van der Waals surface area contributed by atoms with Crippen molar-refractivity contribution in [2.45, 2.75) is 0 Å². The van der Waals surface area contributed by atoms with Crippen LogP contribution in [-0.4, -0.2) is 53.9 Å². The molecular weight excluding hydrogens is 360 g/mol. The van der Waals surface area contributed by atoms with Crippen LogP contribution in [0.2, 0.25) is 0 Å². The van der Waals surface area contributed by atoms with Crippen LogP contribution < -0.4 is 10.7 Å². The summed E-state index contributed by atoms with van der Waals surface area (Å²) in [5, 5.41) is 21.3. The van der Waals surface area contributed by atoms with Gasteiger partial charge in [-0.25, -0.2) is 0 Å². The number of hydrogen-bond acceptors (Lipinski definition) is 6. The van der Waals surface area contributed by atoms with Crippen LogP contribution in [0.3, 0.4) is 0 Å². The first-order chi connectivity index (χ1) is 13.6. The molecule has 7 heteroatoms. The molecule has 0 fully saturated rings. The first kappa shape index (κ1) is 19.8. The van der Waals surface area contributed by atoms with Crippen LogP contribution in [0.25, 0.3) is 22.3 Å². The number of benzene rings is 2. The number of aliphatic hydroxyl groups excluding tert-OH is 2. The van der Waals surface area contributed by atoms with Gasteiger partial charge in [-0.1, -0.05) is 12.1 Å². The Balaban J connectivity index is 1.71. The zero-order chi connectivity index (χ0) is 19.9. The van der Waals surface area contributed by atoms with Gasteiger partial charge in [0.1, 0.15) is 11.3 Å². The molecule has 1 heterocycles. The highest BCUT2D eigenvalue weighted by atomic mass is 16.3. The molecule has 0 aliphatic carbocycles. The molecule has 3 rings (SSSR count). The molecule has 1 amide bonds. The van der Waals surface area contributed by atoms with Crippen LogP contribution in [0, 0.1) is 0 Å². The zero-order valence-corrected chi connectivity index (χ0v) is 15.3. The Hall–Kier alpha value is -3.00. The first-order valence-electron chi connectivity index (χ1n) is 8.98. The molecule has 7 nitrogen and oxygen atoms in total. The van der Waals surface area contributed by atoms with Gasteiger partial charge in [-0.05, 0) is 36.4 Å². The first-order valence-corrected chi connectivity index (χ1v) is 8.98. The maximum absolute atomic E-state index is 12.2. The van der Waals surface area contributed by atoms with E-state index in [4.69, 9.17) is 14.6 Å². The third-order valence-corrected chi connectivity index (χ3v) is 4.29. The summed E-state index contributed by atoms with van der Waals surface area (Å²) in [4.78, 5) is 26.0. The molecule has 0 atom stereocenters. The van der Waals surface area contributed by atoms with Gasteiger partial charge in [0.05, 0.1) is 25.1 Å². The van der Waals surface area contributed by atoms with Crippen molar-refractivity contribution >= 4 is 22.6 Å². The molecule has 0 saturated heterocycles. The number of rotatable bonds is 8. The van der Waals surface area contributed by atoms with Crippen molar-refractivity contribution in [2.24, 2.45) is 0 Å². The molecule has 0 bridgehead atoms. The van der Waals surface area contributed by atoms with E-state index >= 15 is 0 Å². The van der Waals surface area contributed by atoms with Gasteiger partial charge in [-0.15, -0.1) is 0 Å². The summed E-state index contributed by atoms with van der Waals surface area (Å²) in [6.45, 7) is 0.530. The average Bonchev–Trinajstić information content (AvgIpc) is 2.69. The lowest BCUT2D eigenvalue weighted by atomic mass is 10.1. The number of nitrogens with zero attached hydrogens (tertiary/aromatic N) is 1. The Labute approximate surface area is 161 Å². The summed E-state index contributed by atoms with van der Waals surface area (Å²) in [5.41, 5.74) is 1.74. The van der Waals surface area contributed by atoms with Gasteiger partial charge >= 0.3 is 0 Å². The highest BCUT2D eigenvalue weighted by Gasteiger charge is 2.11. The van der Waals surface area contributed by atoms with Crippen LogP contribution in [0.4, 0.5) is 5.69 Å². The predicted molar refractivity (Wildman–Crippen MR) is 107 cm³/mol. The van der Waals surface area contributed by atoms with Crippen LogP contribution in [0.15, 0.2) is 63.8 Å². The highest BCUT2D eigenvalue weighted by molar-refractivity contribution is 5.92. The molecule has 0 saturated carbocycles. The number of hydrogen-bond donors (Lipinski definition) is 3. The fourth-order valence-electron chi connectivity index (χ4n) is 2.92. The van der Waals surface area contributed by atoms with E-state index in [1.54, 1.807) is 47.4 Å². The number of carbonyl (C=O) groups excluding carboxylic acids is 1. The molecule has 3 N–H and O–H groups in total. The second kappa shape index (κ2) is 9.27. The van der Waals surface area contributed by atoms with E-state index in [-0.39, 0.29) is 31.1 Å². The van der Waals surface area contributed by atoms with Gasteiger partial charge in [0.25, 0.3) is 0 Å². The third-order valence-electron chi connectivity index (χ3n) is 4.29. The Morgan fingerprint density at radius 1 is 1.00 bits per heavy atom. The van der Waals surface area contributed by atoms with Gasteiger partial charge in [0.2, 0.25) is 5.91 Å². The zero-order valence-electron chi connectivity index (χ0n) is 15.3. The van der Waals surface area contributed by atoms with Crippen LogP contribution in [0.5, 0.6) is 0 Å². The summed E-state index contributed by atoms with van der Waals surface area (Å²) in [7, 11) is 0. The third kappa shape index (κ3) is 4.83. The van der Waals surface area contributed by atoms with Gasteiger partial charge in [0, 0.05) is 30.4 Å². The fourth-order valence-corrected chi connectivity index (χ4v) is 2.92. The topological polar surface area (TPSA) is 103 Å². The Morgan fingerprint density at radius 2 is 1.68 bits per heavy atom. The molecule has 1 aromatic heterocycles. The van der Waals surface area contributed by atoms with Crippen molar-refractivity contribution < 1.29 is 19.4 Å². The lowest BCUT2D eigenvalue weighted by Gasteiger charge is -2.19. The summed E-state index contributed by atoms with van der Waals surface area (Å²) in [5.74, 6) is 0.213. The van der Waals surface area contributed by atoms with Crippen molar-refractivity contribution in [1.82, 2.24) is 4.90 Å². The minimum absolute atomic E-state index is 0.0718. The number of nitrogens with one attached hydrogen (secondary N) is 1. The summed E-state index contributed by atoms with van der Waals surface area (Å²) in [6.07, 6.45) is 0. The predicted octanol–water partition coefficient (Wildman–Crippen LogP) is 1.69. The number of anilines is 1. The van der Waals surface area contributed by atoms with Crippen molar-refractivity contribution in [3.63, 3.8) is 0 Å². The number of fused-ring (bicyclic) bond motifs is 1. The van der Waals surface area contributed by atoms with Crippen LogP contribution >= 0.6 is 0 Å². The van der Waals surface area contributed by atoms with Crippen LogP contribution in [-0.2, 0) is 4.79 Å².